The molecule has 0 unspecified atom stereocenters. The largest absolute Gasteiger partial charge is 0.496 e. The predicted molar refractivity (Wildman–Crippen MR) is 151 cm³/mol. The number of piperidine rings is 1. The molecule has 1 aromatic heterocycles. The Bertz CT molecular complexity index is 1240. The summed E-state index contributed by atoms with van der Waals surface area (Å²) in [5.74, 6) is 1.23. The molecule has 2 aliphatic heterocycles. The van der Waals surface area contributed by atoms with Crippen molar-refractivity contribution in [3.8, 4) is 5.75 Å². The molecule has 206 valence electrons. The SMILES string of the molecule is COc1cc(N2CCC(C(OC)OC)CC2)ccc1[C@@H]1c2[nH]c3ccccc3c2C[C@@H](C)N1CC(C)(C)F. The summed E-state index contributed by atoms with van der Waals surface area (Å²) in [7, 11) is 5.16. The van der Waals surface area contributed by atoms with E-state index in [1.165, 1.54) is 10.9 Å². The van der Waals surface area contributed by atoms with E-state index in [1.807, 2.05) is 0 Å². The lowest BCUT2D eigenvalue weighted by Crippen LogP contribution is -2.47. The van der Waals surface area contributed by atoms with Crippen molar-refractivity contribution >= 4 is 16.6 Å². The number of halogens is 1. The Hall–Kier alpha value is -2.61. The van der Waals surface area contributed by atoms with E-state index in [4.69, 9.17) is 14.2 Å². The van der Waals surface area contributed by atoms with Crippen LogP contribution >= 0.6 is 0 Å². The van der Waals surface area contributed by atoms with Crippen LogP contribution in [0, 0.1) is 5.92 Å². The predicted octanol–water partition coefficient (Wildman–Crippen LogP) is 6.10. The average Bonchev–Trinajstić information content (AvgIpc) is 3.27. The molecule has 2 aliphatic rings. The number of rotatable bonds is 8. The van der Waals surface area contributed by atoms with Crippen molar-refractivity contribution in [2.45, 2.75) is 64.1 Å². The molecule has 3 heterocycles. The Morgan fingerprint density at radius 3 is 2.42 bits per heavy atom. The lowest BCUT2D eigenvalue weighted by atomic mass is 9.87. The number of H-pyrrole nitrogens is 1. The highest BCUT2D eigenvalue weighted by atomic mass is 19.1. The maximum Gasteiger partial charge on any atom is 0.159 e. The second-order valence-corrected chi connectivity index (χ2v) is 11.5. The van der Waals surface area contributed by atoms with E-state index in [2.05, 4.69) is 64.2 Å². The van der Waals surface area contributed by atoms with Crippen molar-refractivity contribution in [3.05, 3.63) is 59.3 Å². The van der Waals surface area contributed by atoms with Gasteiger partial charge in [0.25, 0.3) is 0 Å². The Morgan fingerprint density at radius 2 is 1.76 bits per heavy atom. The second kappa shape index (κ2) is 10.9. The van der Waals surface area contributed by atoms with Crippen LogP contribution < -0.4 is 9.64 Å². The van der Waals surface area contributed by atoms with Crippen LogP contribution in [0.5, 0.6) is 5.75 Å². The van der Waals surface area contributed by atoms with E-state index in [-0.39, 0.29) is 18.4 Å². The minimum absolute atomic E-state index is 0.130. The number of ether oxygens (including phenoxy) is 3. The molecule has 5 rings (SSSR count). The first-order valence-electron chi connectivity index (χ1n) is 13.8. The number of para-hydroxylation sites is 1. The van der Waals surface area contributed by atoms with Gasteiger partial charge >= 0.3 is 0 Å². The molecule has 6 nitrogen and oxygen atoms in total. The van der Waals surface area contributed by atoms with Crippen LogP contribution in [-0.4, -0.2) is 68.8 Å². The maximum atomic E-state index is 15.1. The van der Waals surface area contributed by atoms with Gasteiger partial charge in [-0.05, 0) is 57.7 Å². The third kappa shape index (κ3) is 5.16. The first-order chi connectivity index (χ1) is 18.2. The zero-order valence-electron chi connectivity index (χ0n) is 23.6. The van der Waals surface area contributed by atoms with Crippen LogP contribution in [0.15, 0.2) is 42.5 Å². The molecule has 2 atom stereocenters. The fourth-order valence-corrected chi connectivity index (χ4v) is 6.56. The smallest absolute Gasteiger partial charge is 0.159 e. The third-order valence-corrected chi connectivity index (χ3v) is 8.34. The lowest BCUT2D eigenvalue weighted by Gasteiger charge is -2.43. The number of aromatic amines is 1. The molecule has 0 amide bonds. The number of hydrogen-bond donors (Lipinski definition) is 1. The summed E-state index contributed by atoms with van der Waals surface area (Å²) in [5.41, 5.74) is 4.48. The van der Waals surface area contributed by atoms with E-state index in [0.29, 0.717) is 12.5 Å². The normalized spacial score (nSPS) is 21.3. The van der Waals surface area contributed by atoms with Crippen LogP contribution in [0.3, 0.4) is 0 Å². The molecule has 2 aromatic carbocycles. The Morgan fingerprint density at radius 1 is 1.05 bits per heavy atom. The van der Waals surface area contributed by atoms with Crippen LogP contribution in [0.1, 0.15) is 56.5 Å². The molecular weight excluding hydrogens is 481 g/mol. The molecule has 0 saturated carbocycles. The van der Waals surface area contributed by atoms with Gasteiger partial charge in [0.15, 0.2) is 6.29 Å². The van der Waals surface area contributed by atoms with Gasteiger partial charge in [0.05, 0.1) is 13.2 Å². The fraction of sp³-hybridized carbons (Fsp3) is 0.548. The van der Waals surface area contributed by atoms with Crippen LogP contribution in [-0.2, 0) is 15.9 Å². The van der Waals surface area contributed by atoms with E-state index in [9.17, 15) is 0 Å². The number of fused-ring (bicyclic) bond motifs is 3. The second-order valence-electron chi connectivity index (χ2n) is 11.5. The molecule has 3 aromatic rings. The molecule has 38 heavy (non-hydrogen) atoms. The van der Waals surface area contributed by atoms with Gasteiger partial charge in [0.2, 0.25) is 0 Å². The Kier molecular flexibility index (Phi) is 7.72. The topological polar surface area (TPSA) is 50.0 Å². The standard InChI is InChI=1S/C31H42FN3O3/c1-20-17-25-23-9-7-8-10-26(23)33-28(25)29(35(20)19-31(2,3)32)24-12-11-22(18-27(24)36-4)34-15-13-21(14-16-34)30(37-5)38-6/h7-12,18,20-21,29-30,33H,13-17,19H2,1-6H3/t20-,29-/m1/s1. The summed E-state index contributed by atoms with van der Waals surface area (Å²) >= 11 is 0. The van der Waals surface area contributed by atoms with Gasteiger partial charge in [-0.2, -0.15) is 0 Å². The summed E-state index contributed by atoms with van der Waals surface area (Å²) in [6, 6.07) is 15.0. The molecule has 1 N–H and O–H groups in total. The monoisotopic (exact) mass is 523 g/mol. The molecule has 1 saturated heterocycles. The van der Waals surface area contributed by atoms with Gasteiger partial charge in [-0.1, -0.05) is 24.3 Å². The molecule has 7 heteroatoms. The van der Waals surface area contributed by atoms with Crippen molar-refractivity contribution in [2.75, 3.05) is 45.9 Å². The number of alkyl halides is 1. The van der Waals surface area contributed by atoms with Gasteiger partial charge < -0.3 is 24.1 Å². The average molecular weight is 524 g/mol. The molecule has 0 spiro atoms. The lowest BCUT2D eigenvalue weighted by molar-refractivity contribution is -0.141. The minimum atomic E-state index is -1.32. The molecule has 0 aliphatic carbocycles. The van der Waals surface area contributed by atoms with Gasteiger partial charge in [0, 0.05) is 79.7 Å². The number of benzene rings is 2. The fourth-order valence-electron chi connectivity index (χ4n) is 6.56. The number of aromatic nitrogens is 1. The van der Waals surface area contributed by atoms with Gasteiger partial charge in [0.1, 0.15) is 11.4 Å². The highest BCUT2D eigenvalue weighted by Crippen LogP contribution is 2.45. The third-order valence-electron chi connectivity index (χ3n) is 8.34. The zero-order chi connectivity index (χ0) is 27.0. The highest BCUT2D eigenvalue weighted by Gasteiger charge is 2.40. The Balaban J connectivity index is 1.51. The summed E-state index contributed by atoms with van der Waals surface area (Å²) in [6.45, 7) is 7.75. The Labute approximate surface area is 226 Å². The number of methoxy groups -OCH3 is 3. The van der Waals surface area contributed by atoms with Crippen molar-refractivity contribution in [3.63, 3.8) is 0 Å². The first kappa shape index (κ1) is 27.0. The number of nitrogens with zero attached hydrogens (tertiary/aromatic N) is 2. The van der Waals surface area contributed by atoms with E-state index >= 15 is 4.39 Å². The van der Waals surface area contributed by atoms with Crippen molar-refractivity contribution in [1.82, 2.24) is 9.88 Å². The summed E-state index contributed by atoms with van der Waals surface area (Å²) < 4.78 is 32.2. The van der Waals surface area contributed by atoms with Crippen molar-refractivity contribution < 1.29 is 18.6 Å². The van der Waals surface area contributed by atoms with Gasteiger partial charge in [-0.25, -0.2) is 4.39 Å². The van der Waals surface area contributed by atoms with E-state index in [1.54, 1.807) is 35.2 Å². The quantitative estimate of drug-likeness (QED) is 0.362. The molecule has 1 fully saturated rings. The van der Waals surface area contributed by atoms with E-state index < -0.39 is 5.67 Å². The van der Waals surface area contributed by atoms with Gasteiger partial charge in [-0.3, -0.25) is 4.90 Å². The number of hydrogen-bond acceptors (Lipinski definition) is 5. The summed E-state index contributed by atoms with van der Waals surface area (Å²) in [6.07, 6.45) is 2.74. The molecule has 0 bridgehead atoms. The maximum absolute atomic E-state index is 15.1. The highest BCUT2D eigenvalue weighted by molar-refractivity contribution is 5.85. The van der Waals surface area contributed by atoms with Crippen LogP contribution in [0.2, 0.25) is 0 Å². The summed E-state index contributed by atoms with van der Waals surface area (Å²) in [4.78, 5) is 8.41. The zero-order valence-corrected chi connectivity index (χ0v) is 23.6. The van der Waals surface area contributed by atoms with Crippen molar-refractivity contribution in [1.29, 1.82) is 0 Å². The number of anilines is 1. The van der Waals surface area contributed by atoms with Crippen LogP contribution in [0.25, 0.3) is 10.9 Å². The minimum Gasteiger partial charge on any atom is -0.496 e. The summed E-state index contributed by atoms with van der Waals surface area (Å²) in [5, 5.41) is 1.25. The molecular formula is C31H42FN3O3. The first-order valence-corrected chi connectivity index (χ1v) is 13.8. The van der Waals surface area contributed by atoms with E-state index in [0.717, 1.165) is 60.6 Å². The van der Waals surface area contributed by atoms with Crippen molar-refractivity contribution in [2.24, 2.45) is 5.92 Å². The van der Waals surface area contributed by atoms with Crippen LogP contribution in [0.4, 0.5) is 10.1 Å². The van der Waals surface area contributed by atoms with Gasteiger partial charge in [-0.15, -0.1) is 0 Å². The molecule has 0 radical (unpaired) electrons. The number of nitrogens with one attached hydrogen (secondary N) is 1.